The van der Waals surface area contributed by atoms with Gasteiger partial charge in [-0.05, 0) is 53.2 Å². The highest BCUT2D eigenvalue weighted by molar-refractivity contribution is 7.96. The fourth-order valence-electron chi connectivity index (χ4n) is 2.54. The maximum atomic E-state index is 13.8. The Morgan fingerprint density at radius 1 is 1.14 bits per heavy atom. The molecule has 0 bridgehead atoms. The molecule has 1 aliphatic rings. The highest BCUT2D eigenvalue weighted by Crippen LogP contribution is 2.34. The van der Waals surface area contributed by atoms with Gasteiger partial charge < -0.3 is 0 Å². The number of hydrogen-bond acceptors (Lipinski definition) is 2. The molecular formula is C18H25NOS. The van der Waals surface area contributed by atoms with E-state index < -0.39 is 14.5 Å². The summed E-state index contributed by atoms with van der Waals surface area (Å²) in [7, 11) is -2.45. The number of rotatable bonds is 2. The first kappa shape index (κ1) is 16.0. The number of benzene rings is 1. The van der Waals surface area contributed by atoms with Crippen molar-refractivity contribution in [2.45, 2.75) is 51.5 Å². The average molecular weight is 303 g/mol. The van der Waals surface area contributed by atoms with Gasteiger partial charge in [-0.1, -0.05) is 41.5 Å². The van der Waals surface area contributed by atoms with Gasteiger partial charge in [0, 0.05) is 4.75 Å². The van der Waals surface area contributed by atoms with Crippen LogP contribution in [-0.4, -0.2) is 14.2 Å². The van der Waals surface area contributed by atoms with Gasteiger partial charge >= 0.3 is 0 Å². The van der Waals surface area contributed by atoms with Gasteiger partial charge in [-0.15, -0.1) is 0 Å². The Bertz CT molecular complexity index is 726. The lowest BCUT2D eigenvalue weighted by Gasteiger charge is -2.29. The molecule has 0 amide bonds. The van der Waals surface area contributed by atoms with Gasteiger partial charge in [-0.25, -0.2) is 4.21 Å². The third-order valence-electron chi connectivity index (χ3n) is 3.90. The van der Waals surface area contributed by atoms with E-state index in [0.29, 0.717) is 0 Å². The van der Waals surface area contributed by atoms with Crippen LogP contribution in [0.5, 0.6) is 0 Å². The van der Waals surface area contributed by atoms with Crippen molar-refractivity contribution in [3.05, 3.63) is 53.1 Å². The van der Waals surface area contributed by atoms with Crippen molar-refractivity contribution in [3.8, 4) is 0 Å². The topological polar surface area (TPSA) is 29.4 Å². The molecule has 1 aromatic carbocycles. The number of allylic oxidation sites excluding steroid dienone is 2. The van der Waals surface area contributed by atoms with Gasteiger partial charge in [-0.2, -0.15) is 4.36 Å². The molecule has 21 heavy (non-hydrogen) atoms. The maximum Gasteiger partial charge on any atom is 0.0831 e. The summed E-state index contributed by atoms with van der Waals surface area (Å²) in [5, 5.41) is -0.0989. The summed E-state index contributed by atoms with van der Waals surface area (Å²) in [5.74, 6) is 0. The van der Waals surface area contributed by atoms with Crippen molar-refractivity contribution in [3.63, 3.8) is 0 Å². The van der Waals surface area contributed by atoms with Gasteiger partial charge in [0.15, 0.2) is 0 Å². The Kier molecular flexibility index (Phi) is 4.16. The normalized spacial score (nSPS) is 21.0. The summed E-state index contributed by atoms with van der Waals surface area (Å²) in [6.45, 7) is 12.2. The fourth-order valence-corrected chi connectivity index (χ4v) is 5.07. The summed E-state index contributed by atoms with van der Waals surface area (Å²) in [6, 6.07) is 6.10. The summed E-state index contributed by atoms with van der Waals surface area (Å²) in [6.07, 6.45) is 6.05. The third-order valence-corrected chi connectivity index (χ3v) is 7.34. The Morgan fingerprint density at radius 2 is 1.81 bits per heavy atom. The standard InChI is InChI=1S/C18H25NOS/c1-13-10-11-16(15(3)12-13)19-21(20,18(4,5)6)17-9-7-8-14(17)2/h7-12,17H,1-6H3. The summed E-state index contributed by atoms with van der Waals surface area (Å²) < 4.78 is 18.1. The van der Waals surface area contributed by atoms with Crippen molar-refractivity contribution >= 4 is 15.4 Å². The average Bonchev–Trinajstić information content (AvgIpc) is 2.78. The molecule has 2 nitrogen and oxygen atoms in total. The number of nitrogens with zero attached hydrogens (tertiary/aromatic N) is 1. The maximum absolute atomic E-state index is 13.8. The molecular weight excluding hydrogens is 278 g/mol. The second-order valence-electron chi connectivity index (χ2n) is 6.78. The van der Waals surface area contributed by atoms with E-state index in [4.69, 9.17) is 4.36 Å². The molecule has 1 aromatic rings. The molecule has 2 rings (SSSR count). The lowest BCUT2D eigenvalue weighted by molar-refractivity contribution is 0.637. The number of aryl methyl sites for hydroxylation is 2. The number of hydrogen-bond donors (Lipinski definition) is 0. The molecule has 0 heterocycles. The highest BCUT2D eigenvalue weighted by atomic mass is 32.2. The minimum atomic E-state index is -2.45. The van der Waals surface area contributed by atoms with E-state index in [1.165, 1.54) is 5.56 Å². The van der Waals surface area contributed by atoms with Gasteiger partial charge in [0.2, 0.25) is 0 Å². The zero-order valence-electron chi connectivity index (χ0n) is 13.8. The molecule has 0 spiro atoms. The Morgan fingerprint density at radius 3 is 2.29 bits per heavy atom. The fraction of sp³-hybridized carbons (Fsp3) is 0.444. The van der Waals surface area contributed by atoms with Crippen LogP contribution < -0.4 is 0 Å². The van der Waals surface area contributed by atoms with Crippen LogP contribution in [0.4, 0.5) is 5.69 Å². The first-order valence-corrected chi connectivity index (χ1v) is 8.91. The van der Waals surface area contributed by atoms with Crippen molar-refractivity contribution < 1.29 is 4.21 Å². The van der Waals surface area contributed by atoms with Crippen LogP contribution in [0.2, 0.25) is 0 Å². The van der Waals surface area contributed by atoms with Crippen LogP contribution >= 0.6 is 0 Å². The molecule has 2 atom stereocenters. The van der Waals surface area contributed by atoms with Crippen molar-refractivity contribution in [1.82, 2.24) is 0 Å². The van der Waals surface area contributed by atoms with Gasteiger partial charge in [-0.3, -0.25) is 0 Å². The van der Waals surface area contributed by atoms with E-state index in [1.54, 1.807) is 0 Å². The zero-order valence-corrected chi connectivity index (χ0v) is 14.6. The van der Waals surface area contributed by atoms with Gasteiger partial charge in [0.05, 0.1) is 20.7 Å². The van der Waals surface area contributed by atoms with Gasteiger partial charge in [0.1, 0.15) is 0 Å². The molecule has 0 fully saturated rings. The van der Waals surface area contributed by atoms with Crippen LogP contribution in [0.25, 0.3) is 0 Å². The van der Waals surface area contributed by atoms with Crippen molar-refractivity contribution in [2.75, 3.05) is 0 Å². The van der Waals surface area contributed by atoms with E-state index in [9.17, 15) is 4.21 Å². The lowest BCUT2D eigenvalue weighted by atomic mass is 10.1. The molecule has 0 aliphatic heterocycles. The van der Waals surface area contributed by atoms with Crippen LogP contribution in [0.15, 0.2) is 46.4 Å². The molecule has 3 heteroatoms. The third kappa shape index (κ3) is 2.98. The van der Waals surface area contributed by atoms with Crippen LogP contribution in [0, 0.1) is 13.8 Å². The first-order valence-electron chi connectivity index (χ1n) is 7.33. The molecule has 0 N–H and O–H groups in total. The molecule has 2 unspecified atom stereocenters. The quantitative estimate of drug-likeness (QED) is 0.748. The summed E-state index contributed by atoms with van der Waals surface area (Å²) in [4.78, 5) is 0. The smallest absolute Gasteiger partial charge is 0.0831 e. The Balaban J connectivity index is 2.67. The molecule has 1 aliphatic carbocycles. The SMILES string of the molecule is CC1=CC=CC1S(=O)(=Nc1ccc(C)cc1C)C(C)(C)C. The largest absolute Gasteiger partial charge is 0.248 e. The molecule has 0 radical (unpaired) electrons. The first-order chi connectivity index (χ1) is 9.65. The Hall–Kier alpha value is -1.35. The van der Waals surface area contributed by atoms with E-state index in [-0.39, 0.29) is 5.25 Å². The van der Waals surface area contributed by atoms with Crippen LogP contribution in [0.3, 0.4) is 0 Å². The Labute approximate surface area is 129 Å². The minimum Gasteiger partial charge on any atom is -0.248 e. The summed E-state index contributed by atoms with van der Waals surface area (Å²) in [5.41, 5.74) is 4.25. The lowest BCUT2D eigenvalue weighted by Crippen LogP contribution is -2.36. The van der Waals surface area contributed by atoms with E-state index in [2.05, 4.69) is 13.0 Å². The van der Waals surface area contributed by atoms with Gasteiger partial charge in [0.25, 0.3) is 0 Å². The second-order valence-corrected chi connectivity index (χ2v) is 9.83. The van der Waals surface area contributed by atoms with Crippen molar-refractivity contribution in [2.24, 2.45) is 4.36 Å². The molecule has 114 valence electrons. The second kappa shape index (κ2) is 5.45. The zero-order chi connectivity index (χ0) is 15.8. The van der Waals surface area contributed by atoms with E-state index >= 15 is 0 Å². The highest BCUT2D eigenvalue weighted by Gasteiger charge is 2.35. The predicted octanol–water partition coefficient (Wildman–Crippen LogP) is 5.09. The molecule has 0 saturated heterocycles. The molecule has 0 saturated carbocycles. The monoisotopic (exact) mass is 303 g/mol. The molecule has 0 aromatic heterocycles. The van der Waals surface area contributed by atoms with E-state index in [0.717, 1.165) is 16.8 Å². The minimum absolute atomic E-state index is 0.0989. The summed E-state index contributed by atoms with van der Waals surface area (Å²) >= 11 is 0. The van der Waals surface area contributed by atoms with Crippen molar-refractivity contribution in [1.29, 1.82) is 0 Å². The van der Waals surface area contributed by atoms with Crippen LogP contribution in [0.1, 0.15) is 38.8 Å². The van der Waals surface area contributed by atoms with Crippen LogP contribution in [-0.2, 0) is 9.73 Å². The predicted molar refractivity (Wildman–Crippen MR) is 92.6 cm³/mol. The van der Waals surface area contributed by atoms with E-state index in [1.807, 2.05) is 65.0 Å².